The van der Waals surface area contributed by atoms with Crippen LogP contribution in [-0.4, -0.2) is 42.9 Å². The summed E-state index contributed by atoms with van der Waals surface area (Å²) in [5.74, 6) is 0.210. The molecule has 0 radical (unpaired) electrons. The van der Waals surface area contributed by atoms with E-state index in [0.29, 0.717) is 12.8 Å². The maximum Gasteiger partial charge on any atom is 0.227 e. The fourth-order valence-corrected chi connectivity index (χ4v) is 3.33. The van der Waals surface area contributed by atoms with E-state index in [4.69, 9.17) is 0 Å². The maximum atomic E-state index is 12.6. The van der Waals surface area contributed by atoms with Crippen LogP contribution in [0.25, 0.3) is 0 Å². The molecule has 2 amide bonds. The molecule has 1 fully saturated rings. The van der Waals surface area contributed by atoms with E-state index < -0.39 is 0 Å². The summed E-state index contributed by atoms with van der Waals surface area (Å²) in [4.78, 5) is 28.3. The number of rotatable bonds is 5. The van der Waals surface area contributed by atoms with Crippen LogP contribution in [0.15, 0.2) is 48.5 Å². The van der Waals surface area contributed by atoms with Crippen LogP contribution < -0.4 is 10.2 Å². The highest BCUT2D eigenvalue weighted by Gasteiger charge is 2.21. The Labute approximate surface area is 161 Å². The quantitative estimate of drug-likeness (QED) is 0.885. The van der Waals surface area contributed by atoms with Crippen molar-refractivity contribution < 1.29 is 9.59 Å². The third-order valence-electron chi connectivity index (χ3n) is 4.91. The molecule has 3 rings (SSSR count). The van der Waals surface area contributed by atoms with Crippen LogP contribution in [0.1, 0.15) is 24.5 Å². The third-order valence-corrected chi connectivity index (χ3v) is 4.91. The van der Waals surface area contributed by atoms with E-state index in [-0.39, 0.29) is 11.8 Å². The molecule has 1 aliphatic rings. The van der Waals surface area contributed by atoms with Crippen molar-refractivity contribution in [2.24, 2.45) is 0 Å². The summed E-state index contributed by atoms with van der Waals surface area (Å²) in [6.45, 7) is 6.99. The Balaban J connectivity index is 1.52. The molecule has 1 saturated heterocycles. The first-order chi connectivity index (χ1) is 13.0. The van der Waals surface area contributed by atoms with Crippen molar-refractivity contribution in [3.63, 3.8) is 0 Å². The fourth-order valence-electron chi connectivity index (χ4n) is 3.33. The van der Waals surface area contributed by atoms with E-state index in [9.17, 15) is 9.59 Å². The van der Waals surface area contributed by atoms with Gasteiger partial charge in [-0.1, -0.05) is 36.8 Å². The minimum Gasteiger partial charge on any atom is -0.368 e. The van der Waals surface area contributed by atoms with Gasteiger partial charge in [0, 0.05) is 44.0 Å². The first-order valence-corrected chi connectivity index (χ1v) is 9.53. The van der Waals surface area contributed by atoms with E-state index in [2.05, 4.69) is 16.3 Å². The number of amides is 2. The zero-order valence-corrected chi connectivity index (χ0v) is 16.1. The van der Waals surface area contributed by atoms with E-state index >= 15 is 0 Å². The Morgan fingerprint density at radius 2 is 1.70 bits per heavy atom. The van der Waals surface area contributed by atoms with Gasteiger partial charge in [-0.3, -0.25) is 9.59 Å². The van der Waals surface area contributed by atoms with Crippen molar-refractivity contribution in [3.8, 4) is 0 Å². The first kappa shape index (κ1) is 19.0. The largest absolute Gasteiger partial charge is 0.368 e. The van der Waals surface area contributed by atoms with Gasteiger partial charge in [0.2, 0.25) is 11.8 Å². The topological polar surface area (TPSA) is 52.7 Å². The van der Waals surface area contributed by atoms with Gasteiger partial charge in [0.15, 0.2) is 0 Å². The molecule has 27 heavy (non-hydrogen) atoms. The van der Waals surface area contributed by atoms with Crippen LogP contribution in [-0.2, 0) is 16.0 Å². The molecule has 1 aliphatic heterocycles. The lowest BCUT2D eigenvalue weighted by atomic mass is 10.1. The highest BCUT2D eigenvalue weighted by atomic mass is 16.2. The molecule has 2 aromatic rings. The smallest absolute Gasteiger partial charge is 0.227 e. The molecule has 0 bridgehead atoms. The summed E-state index contributed by atoms with van der Waals surface area (Å²) in [7, 11) is 0. The second-order valence-electron chi connectivity index (χ2n) is 6.98. The van der Waals surface area contributed by atoms with E-state index in [1.807, 2.05) is 61.2 Å². The van der Waals surface area contributed by atoms with Gasteiger partial charge in [0.1, 0.15) is 0 Å². The van der Waals surface area contributed by atoms with Gasteiger partial charge < -0.3 is 15.1 Å². The van der Waals surface area contributed by atoms with Gasteiger partial charge in [-0.05, 0) is 36.8 Å². The molecular formula is C22H27N3O2. The van der Waals surface area contributed by atoms with Gasteiger partial charge >= 0.3 is 0 Å². The van der Waals surface area contributed by atoms with Crippen molar-refractivity contribution in [1.29, 1.82) is 0 Å². The zero-order chi connectivity index (χ0) is 19.2. The Hall–Kier alpha value is -2.82. The van der Waals surface area contributed by atoms with Crippen LogP contribution in [0.5, 0.6) is 0 Å². The number of hydrogen-bond acceptors (Lipinski definition) is 3. The molecule has 1 heterocycles. The fraction of sp³-hybridized carbons (Fsp3) is 0.364. The highest BCUT2D eigenvalue weighted by Crippen LogP contribution is 2.20. The minimum atomic E-state index is 0.0171. The molecule has 5 heteroatoms. The number of benzene rings is 2. The highest BCUT2D eigenvalue weighted by molar-refractivity contribution is 5.90. The SMILES string of the molecule is CCC(=O)Nc1ccc(N2CCN(C(=O)Cc3cccc(C)c3)CC2)cc1. The lowest BCUT2D eigenvalue weighted by Gasteiger charge is -2.36. The van der Waals surface area contributed by atoms with Crippen molar-refractivity contribution in [3.05, 3.63) is 59.7 Å². The van der Waals surface area contributed by atoms with Crippen molar-refractivity contribution in [1.82, 2.24) is 4.90 Å². The van der Waals surface area contributed by atoms with Crippen LogP contribution in [0.2, 0.25) is 0 Å². The van der Waals surface area contributed by atoms with Crippen molar-refractivity contribution in [2.45, 2.75) is 26.7 Å². The minimum absolute atomic E-state index is 0.0171. The standard InChI is InChI=1S/C22H27N3O2/c1-3-21(26)23-19-7-9-20(10-8-19)24-11-13-25(14-12-24)22(27)16-18-6-4-5-17(2)15-18/h4-10,15H,3,11-14,16H2,1-2H3,(H,23,26). The molecule has 0 spiro atoms. The molecule has 0 aromatic heterocycles. The van der Waals surface area contributed by atoms with Crippen LogP contribution in [0.4, 0.5) is 11.4 Å². The Morgan fingerprint density at radius 1 is 1.00 bits per heavy atom. The van der Waals surface area contributed by atoms with Crippen LogP contribution >= 0.6 is 0 Å². The summed E-state index contributed by atoms with van der Waals surface area (Å²) in [6, 6.07) is 16.0. The Bertz CT molecular complexity index is 793. The number of aryl methyl sites for hydroxylation is 1. The predicted molar refractivity (Wildman–Crippen MR) is 109 cm³/mol. The molecule has 142 valence electrons. The summed E-state index contributed by atoms with van der Waals surface area (Å²) >= 11 is 0. The normalized spacial score (nSPS) is 14.1. The second-order valence-corrected chi connectivity index (χ2v) is 6.98. The number of nitrogens with one attached hydrogen (secondary N) is 1. The number of carbonyl (C=O) groups excluding carboxylic acids is 2. The van der Waals surface area contributed by atoms with Gasteiger partial charge in [0.25, 0.3) is 0 Å². The van der Waals surface area contributed by atoms with Crippen LogP contribution in [0, 0.1) is 6.92 Å². The first-order valence-electron chi connectivity index (χ1n) is 9.53. The third kappa shape index (κ3) is 5.09. The van der Waals surface area contributed by atoms with Gasteiger partial charge in [-0.15, -0.1) is 0 Å². The zero-order valence-electron chi connectivity index (χ0n) is 16.1. The lowest BCUT2D eigenvalue weighted by Crippen LogP contribution is -2.49. The average molecular weight is 365 g/mol. The molecule has 5 nitrogen and oxygen atoms in total. The van der Waals surface area contributed by atoms with Crippen molar-refractivity contribution in [2.75, 3.05) is 36.4 Å². The summed E-state index contributed by atoms with van der Waals surface area (Å²) in [5.41, 5.74) is 4.20. The second kappa shape index (κ2) is 8.71. The van der Waals surface area contributed by atoms with E-state index in [1.165, 1.54) is 5.56 Å². The van der Waals surface area contributed by atoms with Crippen molar-refractivity contribution >= 4 is 23.2 Å². The van der Waals surface area contributed by atoms with Crippen LogP contribution in [0.3, 0.4) is 0 Å². The molecule has 0 atom stereocenters. The van der Waals surface area contributed by atoms with Gasteiger partial charge in [-0.25, -0.2) is 0 Å². The maximum absolute atomic E-state index is 12.6. The van der Waals surface area contributed by atoms with Gasteiger partial charge in [-0.2, -0.15) is 0 Å². The predicted octanol–water partition coefficient (Wildman–Crippen LogP) is 3.23. The molecular weight excluding hydrogens is 338 g/mol. The molecule has 2 aromatic carbocycles. The number of carbonyl (C=O) groups is 2. The van der Waals surface area contributed by atoms with E-state index in [1.54, 1.807) is 0 Å². The molecule has 0 saturated carbocycles. The average Bonchev–Trinajstić information content (AvgIpc) is 2.68. The molecule has 1 N–H and O–H groups in total. The summed E-state index contributed by atoms with van der Waals surface area (Å²) in [5, 5.41) is 2.86. The Kier molecular flexibility index (Phi) is 6.12. The number of hydrogen-bond donors (Lipinski definition) is 1. The van der Waals surface area contributed by atoms with Gasteiger partial charge in [0.05, 0.1) is 6.42 Å². The number of piperazine rings is 1. The molecule has 0 aliphatic carbocycles. The van der Waals surface area contributed by atoms with E-state index in [0.717, 1.165) is 43.1 Å². The molecule has 0 unspecified atom stereocenters. The lowest BCUT2D eigenvalue weighted by molar-refractivity contribution is -0.130. The number of anilines is 2. The summed E-state index contributed by atoms with van der Waals surface area (Å²) in [6.07, 6.45) is 0.938. The number of nitrogens with zero attached hydrogens (tertiary/aromatic N) is 2. The monoisotopic (exact) mass is 365 g/mol. The Morgan fingerprint density at radius 3 is 2.33 bits per heavy atom. The summed E-state index contributed by atoms with van der Waals surface area (Å²) < 4.78 is 0.